The topological polar surface area (TPSA) is 139 Å². The van der Waals surface area contributed by atoms with Crippen molar-refractivity contribution in [2.75, 3.05) is 11.9 Å². The van der Waals surface area contributed by atoms with Crippen LogP contribution in [0.25, 0.3) is 0 Å². The molecule has 0 aliphatic rings. The van der Waals surface area contributed by atoms with Crippen molar-refractivity contribution in [2.45, 2.75) is 0 Å². The van der Waals surface area contributed by atoms with Crippen LogP contribution in [0.3, 0.4) is 0 Å². The highest BCUT2D eigenvalue weighted by Gasteiger charge is 2.03. The molecule has 0 spiro atoms. The van der Waals surface area contributed by atoms with E-state index in [9.17, 15) is 19.8 Å². The van der Waals surface area contributed by atoms with Crippen LogP contribution >= 0.6 is 0 Å². The van der Waals surface area contributed by atoms with E-state index < -0.39 is 23.3 Å². The summed E-state index contributed by atoms with van der Waals surface area (Å²) in [7, 11) is 0. The number of aromatic hydroxyl groups is 2. The predicted molar refractivity (Wildman–Crippen MR) is 90.8 cm³/mol. The number of anilines is 1. The molecule has 2 amide bonds. The summed E-state index contributed by atoms with van der Waals surface area (Å²) < 4.78 is 0. The van der Waals surface area contributed by atoms with Gasteiger partial charge in [0.25, 0.3) is 0 Å². The van der Waals surface area contributed by atoms with Crippen LogP contribution in [0.1, 0.15) is 0 Å². The quantitative estimate of drug-likeness (QED) is 0.115. The number of carbonyl (C=O) groups is 2. The fraction of sp³-hybridized carbons (Fsp3) is 0.0588. The third-order valence-electron chi connectivity index (χ3n) is 2.68. The summed E-state index contributed by atoms with van der Waals surface area (Å²) in [5.41, 5.74) is 0.240. The van der Waals surface area contributed by atoms with Gasteiger partial charge in [0, 0.05) is 30.5 Å². The maximum atomic E-state index is 11.6. The molecule has 0 saturated heterocycles. The smallest absolute Gasteiger partial charge is 0.248 e. The third-order valence-corrected chi connectivity index (χ3v) is 2.68. The van der Waals surface area contributed by atoms with E-state index >= 15 is 0 Å². The first-order valence-electron chi connectivity index (χ1n) is 6.87. The molecule has 6 N–H and O–H groups in total. The highest BCUT2D eigenvalue weighted by atomic mass is 16.3. The highest BCUT2D eigenvalue weighted by molar-refractivity contribution is 6.03. The fourth-order valence-electron chi connectivity index (χ4n) is 1.48. The van der Waals surface area contributed by atoms with Gasteiger partial charge in [-0.2, -0.15) is 0 Å². The van der Waals surface area contributed by atoms with E-state index in [1.54, 1.807) is 0 Å². The molecular weight excluding hydrogens is 328 g/mol. The standard InChI is InChI=1S/C17H16N2O6/c1-2-12(20)13(21)4-3-9-18-16(24)7-8-17(25)19-11-5-6-14(22)15(23)10-11/h1,3-8,10,20-23H,9H2,(H,18,24)(H,19,25)/b4-3-,8-7+,13-12-. The molecule has 8 heteroatoms. The van der Waals surface area contributed by atoms with Crippen LogP contribution in [0.5, 0.6) is 11.5 Å². The minimum absolute atomic E-state index is 0.0263. The number of hydrogen-bond acceptors (Lipinski definition) is 6. The molecule has 8 nitrogen and oxygen atoms in total. The average molecular weight is 344 g/mol. The Morgan fingerprint density at radius 3 is 2.40 bits per heavy atom. The Morgan fingerprint density at radius 2 is 1.76 bits per heavy atom. The second-order valence-electron chi connectivity index (χ2n) is 4.55. The van der Waals surface area contributed by atoms with Crippen molar-refractivity contribution < 1.29 is 30.0 Å². The summed E-state index contributed by atoms with van der Waals surface area (Å²) in [6.07, 6.45) is 9.29. The molecule has 0 aliphatic carbocycles. The van der Waals surface area contributed by atoms with Gasteiger partial charge in [-0.05, 0) is 24.1 Å². The lowest BCUT2D eigenvalue weighted by Gasteiger charge is -2.03. The van der Waals surface area contributed by atoms with Gasteiger partial charge in [-0.15, -0.1) is 6.42 Å². The van der Waals surface area contributed by atoms with Gasteiger partial charge in [0.1, 0.15) is 0 Å². The lowest BCUT2D eigenvalue weighted by atomic mass is 10.2. The van der Waals surface area contributed by atoms with Gasteiger partial charge in [-0.1, -0.05) is 6.08 Å². The zero-order valence-electron chi connectivity index (χ0n) is 12.9. The number of phenolic OH excluding ortho intramolecular Hbond substituents is 2. The first-order valence-corrected chi connectivity index (χ1v) is 6.87. The molecule has 0 aromatic heterocycles. The fourth-order valence-corrected chi connectivity index (χ4v) is 1.48. The average Bonchev–Trinajstić information content (AvgIpc) is 2.59. The highest BCUT2D eigenvalue weighted by Crippen LogP contribution is 2.27. The van der Waals surface area contributed by atoms with Crippen molar-refractivity contribution in [3.8, 4) is 23.8 Å². The number of benzene rings is 1. The molecule has 25 heavy (non-hydrogen) atoms. The molecule has 130 valence electrons. The van der Waals surface area contributed by atoms with E-state index in [1.165, 1.54) is 18.2 Å². The Balaban J connectivity index is 2.46. The minimum Gasteiger partial charge on any atom is -0.504 e. The number of nitrogens with one attached hydrogen (secondary N) is 2. The van der Waals surface area contributed by atoms with E-state index in [4.69, 9.17) is 16.6 Å². The second kappa shape index (κ2) is 9.32. The van der Waals surface area contributed by atoms with Crippen molar-refractivity contribution in [2.24, 2.45) is 0 Å². The van der Waals surface area contributed by atoms with E-state index in [-0.39, 0.29) is 23.7 Å². The summed E-state index contributed by atoms with van der Waals surface area (Å²) in [5, 5.41) is 41.5. The first-order chi connectivity index (χ1) is 11.8. The van der Waals surface area contributed by atoms with Crippen LogP contribution in [-0.4, -0.2) is 38.8 Å². The molecule has 0 radical (unpaired) electrons. The number of rotatable bonds is 6. The lowest BCUT2D eigenvalue weighted by Crippen LogP contribution is -2.21. The SMILES string of the molecule is C#C/C(O)=C(O)\C=C/CNC(=O)/C=C/C(=O)Nc1ccc(O)c(O)c1. The molecule has 0 aliphatic heterocycles. The normalized spacial score (nSPS) is 11.8. The van der Waals surface area contributed by atoms with Crippen LogP contribution in [0.15, 0.2) is 54.0 Å². The second-order valence-corrected chi connectivity index (χ2v) is 4.55. The van der Waals surface area contributed by atoms with Crippen LogP contribution in [0.4, 0.5) is 5.69 Å². The van der Waals surface area contributed by atoms with Gasteiger partial charge in [0.15, 0.2) is 17.3 Å². The molecule has 0 unspecified atom stereocenters. The number of allylic oxidation sites excluding steroid dienone is 2. The van der Waals surface area contributed by atoms with Crippen molar-refractivity contribution in [1.82, 2.24) is 5.32 Å². The Hall–Kier alpha value is -3.86. The maximum absolute atomic E-state index is 11.6. The van der Waals surface area contributed by atoms with Crippen molar-refractivity contribution in [3.63, 3.8) is 0 Å². The molecule has 1 rings (SSSR count). The monoisotopic (exact) mass is 344 g/mol. The molecule has 0 bridgehead atoms. The summed E-state index contributed by atoms with van der Waals surface area (Å²) in [6, 6.07) is 3.73. The minimum atomic E-state index is -0.626. The first kappa shape index (κ1) is 19.2. The zero-order chi connectivity index (χ0) is 18.8. The summed E-state index contributed by atoms with van der Waals surface area (Å²) in [4.78, 5) is 23.1. The molecule has 0 fully saturated rings. The molecule has 0 atom stereocenters. The lowest BCUT2D eigenvalue weighted by molar-refractivity contribution is -0.117. The van der Waals surface area contributed by atoms with Gasteiger partial charge in [-0.25, -0.2) is 0 Å². The zero-order valence-corrected chi connectivity index (χ0v) is 12.9. The number of aliphatic hydroxyl groups excluding tert-OH is 2. The number of phenols is 2. The van der Waals surface area contributed by atoms with Gasteiger partial charge in [-0.3, -0.25) is 9.59 Å². The Bertz CT molecular complexity index is 787. The Kier molecular flexibility index (Phi) is 7.15. The van der Waals surface area contributed by atoms with E-state index in [1.807, 2.05) is 5.92 Å². The molecule has 0 saturated carbocycles. The van der Waals surface area contributed by atoms with Crippen molar-refractivity contribution >= 4 is 17.5 Å². The third kappa shape index (κ3) is 6.83. The summed E-state index contributed by atoms with van der Waals surface area (Å²) >= 11 is 0. The van der Waals surface area contributed by atoms with Crippen LogP contribution < -0.4 is 10.6 Å². The molecule has 0 heterocycles. The van der Waals surface area contributed by atoms with E-state index in [0.29, 0.717) is 0 Å². The molecular formula is C17H16N2O6. The van der Waals surface area contributed by atoms with Crippen LogP contribution in [0, 0.1) is 12.3 Å². The molecule has 1 aromatic carbocycles. The largest absolute Gasteiger partial charge is 0.504 e. The number of hydrogen-bond donors (Lipinski definition) is 6. The maximum Gasteiger partial charge on any atom is 0.248 e. The number of amides is 2. The molecule has 1 aromatic rings. The Morgan fingerprint density at radius 1 is 1.08 bits per heavy atom. The van der Waals surface area contributed by atoms with E-state index in [2.05, 4.69) is 10.6 Å². The van der Waals surface area contributed by atoms with Gasteiger partial charge in [0.2, 0.25) is 17.6 Å². The van der Waals surface area contributed by atoms with Gasteiger partial charge >= 0.3 is 0 Å². The summed E-state index contributed by atoms with van der Waals surface area (Å²) in [5.74, 6) is -1.20. The van der Waals surface area contributed by atoms with Crippen LogP contribution in [0.2, 0.25) is 0 Å². The number of terminal acetylenes is 1. The summed E-state index contributed by atoms with van der Waals surface area (Å²) in [6.45, 7) is 0.0263. The number of carbonyl (C=O) groups excluding carboxylic acids is 2. The van der Waals surface area contributed by atoms with Gasteiger partial charge < -0.3 is 31.1 Å². The number of aliphatic hydroxyl groups is 2. The van der Waals surface area contributed by atoms with E-state index in [0.717, 1.165) is 24.3 Å². The predicted octanol–water partition coefficient (Wildman–Crippen LogP) is 1.23. The Labute approximate surface area is 143 Å². The van der Waals surface area contributed by atoms with Crippen molar-refractivity contribution in [3.05, 3.63) is 54.0 Å². The van der Waals surface area contributed by atoms with Gasteiger partial charge in [0.05, 0.1) is 0 Å². The van der Waals surface area contributed by atoms with Crippen molar-refractivity contribution in [1.29, 1.82) is 0 Å². The van der Waals surface area contributed by atoms with Crippen LogP contribution in [-0.2, 0) is 9.59 Å².